The first-order chi connectivity index (χ1) is 20.5. The Bertz CT molecular complexity index is 1690. The summed E-state index contributed by atoms with van der Waals surface area (Å²) in [5, 5.41) is 8.45. The Kier molecular flexibility index (Phi) is 9.49. The SMILES string of the molecule is O=C(N[C@@H](Cc1c[nH]c2ccccc12)C(=O)N/N=C\c1ccccc1OCc1cccc(Cl)c1)OCc1ccccc1. The number of hydrazone groups is 1. The molecule has 1 heterocycles. The van der Waals surface area contributed by atoms with Crippen LogP contribution in [0, 0.1) is 0 Å². The molecular weight excluding hydrogens is 552 g/mol. The molecule has 3 N–H and O–H groups in total. The zero-order valence-corrected chi connectivity index (χ0v) is 23.4. The summed E-state index contributed by atoms with van der Waals surface area (Å²) in [4.78, 5) is 29.2. The van der Waals surface area contributed by atoms with Crippen molar-refractivity contribution in [3.63, 3.8) is 0 Å². The molecule has 0 aliphatic heterocycles. The fourth-order valence-electron chi connectivity index (χ4n) is 4.39. The summed E-state index contributed by atoms with van der Waals surface area (Å²) in [5.74, 6) is 0.0963. The van der Waals surface area contributed by atoms with E-state index in [4.69, 9.17) is 21.1 Å². The summed E-state index contributed by atoms with van der Waals surface area (Å²) in [6.45, 7) is 0.400. The van der Waals surface area contributed by atoms with Crippen LogP contribution in [0.4, 0.5) is 4.79 Å². The Morgan fingerprint density at radius 1 is 0.881 bits per heavy atom. The number of H-pyrrole nitrogens is 1. The average Bonchev–Trinajstić information content (AvgIpc) is 3.42. The van der Waals surface area contributed by atoms with E-state index < -0.39 is 18.0 Å². The highest BCUT2D eigenvalue weighted by Gasteiger charge is 2.23. The van der Waals surface area contributed by atoms with Crippen LogP contribution in [0.2, 0.25) is 5.02 Å². The van der Waals surface area contributed by atoms with Crippen LogP contribution in [0.5, 0.6) is 5.75 Å². The maximum atomic E-state index is 13.3. The van der Waals surface area contributed by atoms with Gasteiger partial charge in [0.05, 0.1) is 6.21 Å². The van der Waals surface area contributed by atoms with Crippen LogP contribution in [0.3, 0.4) is 0 Å². The number of ether oxygens (including phenoxy) is 2. The highest BCUT2D eigenvalue weighted by Crippen LogP contribution is 2.20. The molecule has 8 nitrogen and oxygen atoms in total. The molecule has 1 atom stereocenters. The molecule has 0 aliphatic carbocycles. The molecule has 9 heteroatoms. The van der Waals surface area contributed by atoms with Crippen molar-refractivity contribution in [3.8, 4) is 5.75 Å². The smallest absolute Gasteiger partial charge is 0.408 e. The number of nitrogens with zero attached hydrogens (tertiary/aromatic N) is 1. The molecule has 4 aromatic carbocycles. The van der Waals surface area contributed by atoms with Crippen molar-refractivity contribution in [2.75, 3.05) is 0 Å². The van der Waals surface area contributed by atoms with Gasteiger partial charge in [0, 0.05) is 34.1 Å². The fourth-order valence-corrected chi connectivity index (χ4v) is 4.60. The molecule has 5 aromatic rings. The fraction of sp³-hybridized carbons (Fsp3) is 0.121. The summed E-state index contributed by atoms with van der Waals surface area (Å²) in [6.07, 6.45) is 2.86. The minimum atomic E-state index is -0.945. The molecule has 0 bridgehead atoms. The Hall–Kier alpha value is -5.08. The van der Waals surface area contributed by atoms with Gasteiger partial charge in [-0.05, 0) is 47.0 Å². The topological polar surface area (TPSA) is 105 Å². The van der Waals surface area contributed by atoms with Crippen LogP contribution in [0.15, 0.2) is 114 Å². The monoisotopic (exact) mass is 580 g/mol. The van der Waals surface area contributed by atoms with Gasteiger partial charge in [0.15, 0.2) is 0 Å². The summed E-state index contributed by atoms with van der Waals surface area (Å²) in [5.41, 5.74) is 6.80. The van der Waals surface area contributed by atoms with Crippen LogP contribution >= 0.6 is 11.6 Å². The standard InChI is InChI=1S/C33H29ClN4O4/c34-27-13-8-11-24(17-27)22-41-31-16-7-4-12-25(31)20-36-38-32(39)30(18-26-19-35-29-15-6-5-14-28(26)29)37-33(40)42-21-23-9-2-1-3-10-23/h1-17,19-20,30,35H,18,21-22H2,(H,37,40)(H,38,39)/b36-20-/t30-/m0/s1. The average molecular weight is 581 g/mol. The van der Waals surface area contributed by atoms with E-state index >= 15 is 0 Å². The number of benzene rings is 4. The van der Waals surface area contributed by atoms with Gasteiger partial charge in [-0.15, -0.1) is 0 Å². The number of carbonyl (C=O) groups excluding carboxylic acids is 2. The van der Waals surface area contributed by atoms with Gasteiger partial charge in [0.25, 0.3) is 5.91 Å². The zero-order chi connectivity index (χ0) is 29.1. The lowest BCUT2D eigenvalue weighted by Gasteiger charge is -2.17. The highest BCUT2D eigenvalue weighted by molar-refractivity contribution is 6.30. The van der Waals surface area contributed by atoms with Crippen molar-refractivity contribution in [2.24, 2.45) is 5.10 Å². The lowest BCUT2D eigenvalue weighted by atomic mass is 10.0. The quantitative estimate of drug-likeness (QED) is 0.124. The Morgan fingerprint density at radius 2 is 1.64 bits per heavy atom. The maximum Gasteiger partial charge on any atom is 0.408 e. The van der Waals surface area contributed by atoms with Crippen LogP contribution in [-0.2, 0) is 29.2 Å². The molecule has 0 unspecified atom stereocenters. The van der Waals surface area contributed by atoms with Crippen molar-refractivity contribution in [1.82, 2.24) is 15.7 Å². The van der Waals surface area contributed by atoms with E-state index in [9.17, 15) is 9.59 Å². The molecule has 2 amide bonds. The van der Waals surface area contributed by atoms with E-state index in [0.29, 0.717) is 22.9 Å². The van der Waals surface area contributed by atoms with Gasteiger partial charge in [-0.25, -0.2) is 10.2 Å². The van der Waals surface area contributed by atoms with E-state index in [1.807, 2.05) is 103 Å². The molecule has 0 radical (unpaired) electrons. The molecule has 0 spiro atoms. The summed E-state index contributed by atoms with van der Waals surface area (Å²) < 4.78 is 11.3. The molecule has 0 saturated carbocycles. The molecule has 0 fully saturated rings. The maximum absolute atomic E-state index is 13.3. The predicted octanol–water partition coefficient (Wildman–Crippen LogP) is 6.39. The molecule has 42 heavy (non-hydrogen) atoms. The lowest BCUT2D eigenvalue weighted by molar-refractivity contribution is -0.123. The van der Waals surface area contributed by atoms with Crippen LogP contribution in [0.1, 0.15) is 22.3 Å². The minimum Gasteiger partial charge on any atom is -0.488 e. The van der Waals surface area contributed by atoms with Crippen LogP contribution < -0.4 is 15.5 Å². The van der Waals surface area contributed by atoms with Gasteiger partial charge in [-0.2, -0.15) is 5.10 Å². The summed E-state index contributed by atoms with van der Waals surface area (Å²) in [7, 11) is 0. The number of alkyl carbamates (subject to hydrolysis) is 1. The third-order valence-electron chi connectivity index (χ3n) is 6.50. The van der Waals surface area contributed by atoms with Gasteiger partial charge in [0.2, 0.25) is 0 Å². The number of para-hydroxylation sites is 2. The third-order valence-corrected chi connectivity index (χ3v) is 6.74. The number of rotatable bonds is 11. The number of aromatic nitrogens is 1. The van der Waals surface area contributed by atoms with Gasteiger partial charge < -0.3 is 19.8 Å². The Morgan fingerprint density at radius 3 is 2.50 bits per heavy atom. The van der Waals surface area contributed by atoms with E-state index in [0.717, 1.165) is 27.6 Å². The molecule has 0 saturated heterocycles. The number of hydrogen-bond donors (Lipinski definition) is 3. The number of aromatic amines is 1. The first-order valence-electron chi connectivity index (χ1n) is 13.4. The number of hydrogen-bond acceptors (Lipinski definition) is 5. The van der Waals surface area contributed by atoms with Crippen molar-refractivity contribution in [2.45, 2.75) is 25.7 Å². The van der Waals surface area contributed by atoms with Crippen molar-refractivity contribution in [3.05, 3.63) is 137 Å². The van der Waals surface area contributed by atoms with E-state index in [2.05, 4.69) is 20.8 Å². The predicted molar refractivity (Wildman–Crippen MR) is 164 cm³/mol. The minimum absolute atomic E-state index is 0.0816. The number of amides is 2. The van der Waals surface area contributed by atoms with Crippen LogP contribution in [-0.4, -0.2) is 29.2 Å². The molecule has 5 rings (SSSR count). The van der Waals surface area contributed by atoms with Crippen molar-refractivity contribution >= 4 is 40.7 Å². The first kappa shape index (κ1) is 28.4. The third kappa shape index (κ3) is 7.77. The molecule has 0 aliphatic rings. The summed E-state index contributed by atoms with van der Waals surface area (Å²) >= 11 is 6.08. The number of halogens is 1. The van der Waals surface area contributed by atoms with Gasteiger partial charge in [0.1, 0.15) is 25.0 Å². The van der Waals surface area contributed by atoms with Crippen molar-refractivity contribution < 1.29 is 19.1 Å². The summed E-state index contributed by atoms with van der Waals surface area (Å²) in [6, 6.07) is 30.9. The second kappa shape index (κ2) is 14.0. The number of nitrogens with one attached hydrogen (secondary N) is 3. The van der Waals surface area contributed by atoms with Gasteiger partial charge in [-0.1, -0.05) is 84.4 Å². The Balaban J connectivity index is 1.26. The van der Waals surface area contributed by atoms with Crippen LogP contribution in [0.25, 0.3) is 10.9 Å². The molecule has 212 valence electrons. The second-order valence-electron chi connectivity index (χ2n) is 9.51. The molecular formula is C33H29ClN4O4. The number of fused-ring (bicyclic) bond motifs is 1. The first-order valence-corrected chi connectivity index (χ1v) is 13.7. The van der Waals surface area contributed by atoms with E-state index in [1.54, 1.807) is 6.07 Å². The van der Waals surface area contributed by atoms with E-state index in [1.165, 1.54) is 6.21 Å². The lowest BCUT2D eigenvalue weighted by Crippen LogP contribution is -2.47. The second-order valence-corrected chi connectivity index (χ2v) is 9.95. The Labute approximate surface area is 248 Å². The van der Waals surface area contributed by atoms with Crippen molar-refractivity contribution in [1.29, 1.82) is 0 Å². The number of carbonyl (C=O) groups is 2. The molecule has 1 aromatic heterocycles. The normalized spacial score (nSPS) is 11.7. The van der Waals surface area contributed by atoms with Gasteiger partial charge >= 0.3 is 6.09 Å². The van der Waals surface area contributed by atoms with Gasteiger partial charge in [-0.3, -0.25) is 4.79 Å². The zero-order valence-electron chi connectivity index (χ0n) is 22.6. The highest BCUT2D eigenvalue weighted by atomic mass is 35.5. The van der Waals surface area contributed by atoms with E-state index in [-0.39, 0.29) is 13.0 Å². The largest absolute Gasteiger partial charge is 0.488 e.